The molecule has 1 amide bonds. The van der Waals surface area contributed by atoms with Crippen molar-refractivity contribution in [3.05, 3.63) is 64.3 Å². The lowest BCUT2D eigenvalue weighted by molar-refractivity contribution is -0.385. The fourth-order valence-electron chi connectivity index (χ4n) is 2.73. The molecule has 1 aromatic carbocycles. The van der Waals surface area contributed by atoms with Gasteiger partial charge in [0.05, 0.1) is 17.4 Å². The Morgan fingerprint density at radius 2 is 2.00 bits per heavy atom. The van der Waals surface area contributed by atoms with Crippen molar-refractivity contribution in [2.24, 2.45) is 0 Å². The normalized spacial score (nSPS) is 18.2. The highest BCUT2D eigenvalue weighted by molar-refractivity contribution is 5.78. The third kappa shape index (κ3) is 3.28. The summed E-state index contributed by atoms with van der Waals surface area (Å²) in [6.45, 7) is 1.11. The molecular weight excluding hydrogens is 296 g/mol. The molecule has 7 heteroatoms. The maximum absolute atomic E-state index is 11.9. The number of nitrogens with one attached hydrogen (secondary N) is 1. The second-order valence-corrected chi connectivity index (χ2v) is 5.31. The van der Waals surface area contributed by atoms with Crippen LogP contribution in [-0.4, -0.2) is 28.9 Å². The van der Waals surface area contributed by atoms with Gasteiger partial charge in [0.2, 0.25) is 5.91 Å². The van der Waals surface area contributed by atoms with Gasteiger partial charge in [-0.2, -0.15) is 0 Å². The molecule has 3 rings (SSSR count). The summed E-state index contributed by atoms with van der Waals surface area (Å²) in [6, 6.07) is 12.7. The van der Waals surface area contributed by atoms with Crippen molar-refractivity contribution in [1.29, 1.82) is 0 Å². The average Bonchev–Trinajstić information content (AvgIpc) is 2.77. The smallest absolute Gasteiger partial charge is 0.287 e. The van der Waals surface area contributed by atoms with Gasteiger partial charge in [-0.1, -0.05) is 30.3 Å². The third-order valence-electron chi connectivity index (χ3n) is 3.85. The summed E-state index contributed by atoms with van der Waals surface area (Å²) in [5.74, 6) is 0.615. The number of pyridine rings is 1. The number of anilines is 1. The van der Waals surface area contributed by atoms with Gasteiger partial charge in [0, 0.05) is 19.2 Å². The Morgan fingerprint density at radius 1 is 1.22 bits per heavy atom. The topological polar surface area (TPSA) is 88.4 Å². The van der Waals surface area contributed by atoms with E-state index >= 15 is 0 Å². The predicted molar refractivity (Wildman–Crippen MR) is 85.0 cm³/mol. The molecule has 1 aliphatic rings. The van der Waals surface area contributed by atoms with Gasteiger partial charge in [0.1, 0.15) is 12.0 Å². The third-order valence-corrected chi connectivity index (χ3v) is 3.85. The van der Waals surface area contributed by atoms with Crippen LogP contribution in [0, 0.1) is 10.1 Å². The first-order valence-corrected chi connectivity index (χ1v) is 7.34. The van der Waals surface area contributed by atoms with E-state index in [1.54, 1.807) is 6.07 Å². The minimum atomic E-state index is -0.473. The molecule has 7 nitrogen and oxygen atoms in total. The average molecular weight is 312 g/mol. The number of aromatic nitrogens is 1. The Bertz CT molecular complexity index is 703. The summed E-state index contributed by atoms with van der Waals surface area (Å²) in [6.07, 6.45) is 1.57. The van der Waals surface area contributed by atoms with Crippen LogP contribution in [0.4, 0.5) is 11.5 Å². The Balaban J connectivity index is 1.95. The minimum Gasteiger partial charge on any atom is -0.354 e. The number of benzene rings is 1. The summed E-state index contributed by atoms with van der Waals surface area (Å²) < 4.78 is 0. The first-order valence-electron chi connectivity index (χ1n) is 7.34. The van der Waals surface area contributed by atoms with Crippen molar-refractivity contribution in [1.82, 2.24) is 10.3 Å². The molecule has 0 radical (unpaired) electrons. The zero-order chi connectivity index (χ0) is 16.2. The lowest BCUT2D eigenvalue weighted by Gasteiger charge is -2.30. The van der Waals surface area contributed by atoms with Gasteiger partial charge in [-0.15, -0.1) is 0 Å². The Kier molecular flexibility index (Phi) is 4.18. The monoisotopic (exact) mass is 312 g/mol. The highest BCUT2D eigenvalue weighted by Crippen LogP contribution is 2.30. The molecule has 118 valence electrons. The largest absolute Gasteiger partial charge is 0.354 e. The standard InChI is InChI=1S/C16H16N4O3/c21-16-10-14(12-4-2-1-3-5-12)19(9-8-17-16)15-7-6-13(11-18-15)20(22)23/h1-7,11,14H,8-10H2,(H,17,21). The quantitative estimate of drug-likeness (QED) is 0.692. The van der Waals surface area contributed by atoms with Gasteiger partial charge in [0.25, 0.3) is 5.69 Å². The minimum absolute atomic E-state index is 0.0109. The summed E-state index contributed by atoms with van der Waals surface area (Å²) >= 11 is 0. The molecule has 2 heterocycles. The van der Waals surface area contributed by atoms with Crippen molar-refractivity contribution in [2.75, 3.05) is 18.0 Å². The van der Waals surface area contributed by atoms with Crippen LogP contribution >= 0.6 is 0 Å². The molecule has 1 atom stereocenters. The molecule has 0 spiro atoms. The van der Waals surface area contributed by atoms with Gasteiger partial charge >= 0.3 is 0 Å². The lowest BCUT2D eigenvalue weighted by atomic mass is 10.0. The number of amides is 1. The number of nitrogens with zero attached hydrogens (tertiary/aromatic N) is 3. The van der Waals surface area contributed by atoms with E-state index in [0.717, 1.165) is 5.56 Å². The van der Waals surface area contributed by atoms with Crippen LogP contribution in [0.25, 0.3) is 0 Å². The summed E-state index contributed by atoms with van der Waals surface area (Å²) in [5, 5.41) is 13.6. The van der Waals surface area contributed by atoms with E-state index in [1.165, 1.54) is 12.3 Å². The fourth-order valence-corrected chi connectivity index (χ4v) is 2.73. The number of hydrogen-bond acceptors (Lipinski definition) is 5. The highest BCUT2D eigenvalue weighted by Gasteiger charge is 2.27. The Morgan fingerprint density at radius 3 is 2.65 bits per heavy atom. The number of carbonyl (C=O) groups is 1. The van der Waals surface area contributed by atoms with E-state index in [1.807, 2.05) is 35.2 Å². The van der Waals surface area contributed by atoms with E-state index in [2.05, 4.69) is 10.3 Å². The number of hydrogen-bond donors (Lipinski definition) is 1. The molecule has 23 heavy (non-hydrogen) atoms. The second-order valence-electron chi connectivity index (χ2n) is 5.31. The van der Waals surface area contributed by atoms with Crippen molar-refractivity contribution < 1.29 is 9.72 Å². The fraction of sp³-hybridized carbons (Fsp3) is 0.250. The van der Waals surface area contributed by atoms with Crippen LogP contribution in [0.5, 0.6) is 0 Å². The van der Waals surface area contributed by atoms with Gasteiger partial charge in [-0.25, -0.2) is 4.98 Å². The summed E-state index contributed by atoms with van der Waals surface area (Å²) in [5.41, 5.74) is 0.971. The highest BCUT2D eigenvalue weighted by atomic mass is 16.6. The maximum Gasteiger partial charge on any atom is 0.287 e. The molecule has 0 bridgehead atoms. The van der Waals surface area contributed by atoms with Crippen LogP contribution in [0.2, 0.25) is 0 Å². The van der Waals surface area contributed by atoms with Crippen LogP contribution in [0.15, 0.2) is 48.7 Å². The van der Waals surface area contributed by atoms with E-state index in [-0.39, 0.29) is 17.6 Å². The second kappa shape index (κ2) is 6.43. The van der Waals surface area contributed by atoms with E-state index in [0.29, 0.717) is 25.3 Å². The molecule has 1 unspecified atom stereocenters. The van der Waals surface area contributed by atoms with Gasteiger partial charge in [0.15, 0.2) is 0 Å². The molecule has 1 N–H and O–H groups in total. The Labute approximate surface area is 133 Å². The number of rotatable bonds is 3. The molecule has 1 fully saturated rings. The van der Waals surface area contributed by atoms with E-state index in [9.17, 15) is 14.9 Å². The first kappa shape index (κ1) is 15.0. The Hall–Kier alpha value is -2.96. The van der Waals surface area contributed by atoms with Crippen LogP contribution in [0.3, 0.4) is 0 Å². The number of nitro groups is 1. The lowest BCUT2D eigenvalue weighted by Crippen LogP contribution is -2.31. The van der Waals surface area contributed by atoms with Crippen molar-refractivity contribution in [3.8, 4) is 0 Å². The first-order chi connectivity index (χ1) is 11.1. The van der Waals surface area contributed by atoms with Crippen molar-refractivity contribution in [3.63, 3.8) is 0 Å². The zero-order valence-corrected chi connectivity index (χ0v) is 12.4. The van der Waals surface area contributed by atoms with Crippen LogP contribution in [0.1, 0.15) is 18.0 Å². The van der Waals surface area contributed by atoms with Crippen LogP contribution in [-0.2, 0) is 4.79 Å². The molecule has 1 aliphatic heterocycles. The van der Waals surface area contributed by atoms with Gasteiger partial charge in [-0.05, 0) is 11.6 Å². The van der Waals surface area contributed by atoms with Gasteiger partial charge in [-0.3, -0.25) is 14.9 Å². The SMILES string of the molecule is O=C1CC(c2ccccc2)N(c2ccc([N+](=O)[O-])cn2)CCN1. The predicted octanol–water partition coefficient (Wildman–Crippen LogP) is 2.06. The van der Waals surface area contributed by atoms with E-state index < -0.39 is 4.92 Å². The molecular formula is C16H16N4O3. The van der Waals surface area contributed by atoms with Crippen molar-refractivity contribution >= 4 is 17.4 Å². The summed E-state index contributed by atoms with van der Waals surface area (Å²) in [4.78, 5) is 28.5. The van der Waals surface area contributed by atoms with Crippen molar-refractivity contribution in [2.45, 2.75) is 12.5 Å². The van der Waals surface area contributed by atoms with E-state index in [4.69, 9.17) is 0 Å². The molecule has 0 saturated carbocycles. The van der Waals surface area contributed by atoms with Gasteiger partial charge < -0.3 is 10.2 Å². The molecule has 0 aliphatic carbocycles. The maximum atomic E-state index is 11.9. The summed E-state index contributed by atoms with van der Waals surface area (Å²) in [7, 11) is 0. The molecule has 1 aromatic heterocycles. The zero-order valence-electron chi connectivity index (χ0n) is 12.4. The number of carbonyl (C=O) groups excluding carboxylic acids is 1. The molecule has 2 aromatic rings. The van der Waals surface area contributed by atoms with Crippen LogP contribution < -0.4 is 10.2 Å². The molecule has 1 saturated heterocycles.